The zero-order chi connectivity index (χ0) is 17.7. The number of hydrogen-bond donors (Lipinski definition) is 3. The van der Waals surface area contributed by atoms with Crippen LogP contribution in [-0.4, -0.2) is 46.4 Å². The zero-order valence-corrected chi connectivity index (χ0v) is 13.6. The molecule has 0 radical (unpaired) electrons. The van der Waals surface area contributed by atoms with Crippen LogP contribution in [-0.2, 0) is 16.1 Å². The van der Waals surface area contributed by atoms with Gasteiger partial charge in [0.25, 0.3) is 0 Å². The van der Waals surface area contributed by atoms with Crippen LogP contribution in [0.5, 0.6) is 11.5 Å². The molecule has 2 rings (SSSR count). The van der Waals surface area contributed by atoms with Gasteiger partial charge in [-0.3, -0.25) is 9.69 Å². The van der Waals surface area contributed by atoms with Gasteiger partial charge in [-0.2, -0.15) is 0 Å². The summed E-state index contributed by atoms with van der Waals surface area (Å²) in [5.41, 5.74) is 1.29. The Hall–Kier alpha value is -2.57. The molecule has 0 bridgehead atoms. The number of ether oxygens (including phenoxy) is 1. The standard InChI is InChI=1S/C18H21NO5/c1-19(11-12-6-4-3-5-7-12)16(18(23)24-2)17(22)13-8-9-14(20)15(21)10-13/h3-10,16-17,20-22H,11H2,1-2H3/t16-,17?/m0/s1. The summed E-state index contributed by atoms with van der Waals surface area (Å²) >= 11 is 0. The van der Waals surface area contributed by atoms with Gasteiger partial charge in [0.05, 0.1) is 7.11 Å². The Morgan fingerprint density at radius 2 is 1.79 bits per heavy atom. The SMILES string of the molecule is COC(=O)[C@H](C(O)c1ccc(O)c(O)c1)N(C)Cc1ccccc1. The predicted molar refractivity (Wildman–Crippen MR) is 88.4 cm³/mol. The number of rotatable bonds is 6. The molecule has 0 spiro atoms. The summed E-state index contributed by atoms with van der Waals surface area (Å²) in [5.74, 6) is -1.24. The first-order valence-electron chi connectivity index (χ1n) is 7.46. The van der Waals surface area contributed by atoms with E-state index in [9.17, 15) is 20.1 Å². The molecule has 0 aromatic heterocycles. The second-order valence-electron chi connectivity index (χ2n) is 5.56. The number of likely N-dealkylation sites (N-methyl/N-ethyl adjacent to an activating group) is 1. The first-order chi connectivity index (χ1) is 11.4. The van der Waals surface area contributed by atoms with Crippen LogP contribution in [0.2, 0.25) is 0 Å². The molecule has 0 aliphatic heterocycles. The van der Waals surface area contributed by atoms with Gasteiger partial charge in [0, 0.05) is 6.54 Å². The average molecular weight is 331 g/mol. The van der Waals surface area contributed by atoms with E-state index in [4.69, 9.17) is 4.74 Å². The predicted octanol–water partition coefficient (Wildman–Crippen LogP) is 1.80. The van der Waals surface area contributed by atoms with Gasteiger partial charge in [-0.1, -0.05) is 36.4 Å². The van der Waals surface area contributed by atoms with Crippen LogP contribution in [0, 0.1) is 0 Å². The number of hydrogen-bond acceptors (Lipinski definition) is 6. The van der Waals surface area contributed by atoms with Gasteiger partial charge in [0.2, 0.25) is 0 Å². The molecule has 1 unspecified atom stereocenters. The number of carbonyl (C=O) groups is 1. The zero-order valence-electron chi connectivity index (χ0n) is 13.6. The molecule has 3 N–H and O–H groups in total. The molecule has 0 saturated carbocycles. The summed E-state index contributed by atoms with van der Waals surface area (Å²) < 4.78 is 4.82. The van der Waals surface area contributed by atoms with Crippen LogP contribution in [0.25, 0.3) is 0 Å². The highest BCUT2D eigenvalue weighted by Crippen LogP contribution is 2.30. The monoisotopic (exact) mass is 331 g/mol. The van der Waals surface area contributed by atoms with Crippen molar-refractivity contribution in [2.24, 2.45) is 0 Å². The number of aromatic hydroxyl groups is 2. The number of aliphatic hydroxyl groups excluding tert-OH is 1. The second-order valence-corrected chi connectivity index (χ2v) is 5.56. The van der Waals surface area contributed by atoms with E-state index < -0.39 is 18.1 Å². The maximum Gasteiger partial charge on any atom is 0.326 e. The third kappa shape index (κ3) is 4.04. The number of phenols is 2. The molecule has 128 valence electrons. The van der Waals surface area contributed by atoms with Crippen molar-refractivity contribution in [3.63, 3.8) is 0 Å². The molecule has 0 fully saturated rings. The highest BCUT2D eigenvalue weighted by atomic mass is 16.5. The number of esters is 1. The maximum atomic E-state index is 12.2. The van der Waals surface area contributed by atoms with Crippen LogP contribution >= 0.6 is 0 Å². The van der Waals surface area contributed by atoms with E-state index in [2.05, 4.69) is 0 Å². The summed E-state index contributed by atoms with van der Waals surface area (Å²) in [6, 6.07) is 12.5. The lowest BCUT2D eigenvalue weighted by molar-refractivity contribution is -0.151. The molecule has 2 atom stereocenters. The summed E-state index contributed by atoms with van der Waals surface area (Å²) in [6.45, 7) is 0.432. The van der Waals surface area contributed by atoms with Crippen LogP contribution in [0.3, 0.4) is 0 Å². The summed E-state index contributed by atoms with van der Waals surface area (Å²) in [5, 5.41) is 29.6. The lowest BCUT2D eigenvalue weighted by atomic mass is 10.00. The minimum atomic E-state index is -1.22. The van der Waals surface area contributed by atoms with E-state index in [0.29, 0.717) is 12.1 Å². The number of carbonyl (C=O) groups excluding carboxylic acids is 1. The van der Waals surface area contributed by atoms with E-state index >= 15 is 0 Å². The first kappa shape index (κ1) is 17.8. The van der Waals surface area contributed by atoms with E-state index in [-0.39, 0.29) is 11.5 Å². The molecule has 2 aromatic rings. The molecule has 0 heterocycles. The topological polar surface area (TPSA) is 90.2 Å². The molecule has 6 nitrogen and oxygen atoms in total. The lowest BCUT2D eigenvalue weighted by Gasteiger charge is -2.30. The van der Waals surface area contributed by atoms with E-state index in [1.54, 1.807) is 11.9 Å². The van der Waals surface area contributed by atoms with E-state index in [1.165, 1.54) is 25.3 Å². The quantitative estimate of drug-likeness (QED) is 0.552. The maximum absolute atomic E-state index is 12.2. The second kappa shape index (κ2) is 7.81. The Bertz CT molecular complexity index is 689. The molecular weight excluding hydrogens is 310 g/mol. The van der Waals surface area contributed by atoms with Gasteiger partial charge in [-0.15, -0.1) is 0 Å². The van der Waals surface area contributed by atoms with Crippen molar-refractivity contribution in [1.29, 1.82) is 0 Å². The molecular formula is C18H21NO5. The summed E-state index contributed by atoms with van der Waals surface area (Å²) in [4.78, 5) is 13.9. The minimum absolute atomic E-state index is 0.293. The van der Waals surface area contributed by atoms with Gasteiger partial charge in [0.15, 0.2) is 11.5 Å². The number of benzene rings is 2. The van der Waals surface area contributed by atoms with Gasteiger partial charge in [0.1, 0.15) is 12.1 Å². The Morgan fingerprint density at radius 3 is 2.38 bits per heavy atom. The van der Waals surface area contributed by atoms with Crippen LogP contribution in [0.4, 0.5) is 0 Å². The van der Waals surface area contributed by atoms with Gasteiger partial charge >= 0.3 is 5.97 Å². The average Bonchev–Trinajstić information content (AvgIpc) is 2.58. The fraction of sp³-hybridized carbons (Fsp3) is 0.278. The molecule has 6 heteroatoms. The molecule has 0 aliphatic rings. The highest BCUT2D eigenvalue weighted by Gasteiger charge is 2.33. The van der Waals surface area contributed by atoms with Crippen LogP contribution in [0.1, 0.15) is 17.2 Å². The highest BCUT2D eigenvalue weighted by molar-refractivity contribution is 5.76. The third-order valence-corrected chi connectivity index (χ3v) is 3.83. The van der Waals surface area contributed by atoms with Gasteiger partial charge in [-0.05, 0) is 30.3 Å². The minimum Gasteiger partial charge on any atom is -0.504 e. The van der Waals surface area contributed by atoms with Crippen molar-refractivity contribution in [2.75, 3.05) is 14.2 Å². The fourth-order valence-corrected chi connectivity index (χ4v) is 2.55. The van der Waals surface area contributed by atoms with Crippen molar-refractivity contribution in [2.45, 2.75) is 18.7 Å². The molecule has 0 aliphatic carbocycles. The van der Waals surface area contributed by atoms with Crippen LogP contribution < -0.4 is 0 Å². The van der Waals surface area contributed by atoms with Crippen molar-refractivity contribution < 1.29 is 24.9 Å². The molecule has 24 heavy (non-hydrogen) atoms. The number of methoxy groups -OCH3 is 1. The molecule has 0 saturated heterocycles. The van der Waals surface area contributed by atoms with Gasteiger partial charge < -0.3 is 20.1 Å². The largest absolute Gasteiger partial charge is 0.504 e. The summed E-state index contributed by atoms with van der Waals surface area (Å²) in [6.07, 6.45) is -1.22. The first-order valence-corrected chi connectivity index (χ1v) is 7.46. The Labute approximate surface area is 140 Å². The number of phenolic OH excluding ortho intramolecular Hbond substituents is 2. The smallest absolute Gasteiger partial charge is 0.326 e. The molecule has 0 amide bonds. The Morgan fingerprint density at radius 1 is 1.12 bits per heavy atom. The van der Waals surface area contributed by atoms with E-state index in [0.717, 1.165) is 5.56 Å². The third-order valence-electron chi connectivity index (χ3n) is 3.83. The van der Waals surface area contributed by atoms with Crippen LogP contribution in [0.15, 0.2) is 48.5 Å². The normalized spacial score (nSPS) is 13.5. The fourth-order valence-electron chi connectivity index (χ4n) is 2.55. The number of aliphatic hydroxyl groups is 1. The Kier molecular flexibility index (Phi) is 5.78. The van der Waals surface area contributed by atoms with Crippen molar-refractivity contribution >= 4 is 5.97 Å². The van der Waals surface area contributed by atoms with E-state index in [1.807, 2.05) is 30.3 Å². The number of nitrogens with zero attached hydrogens (tertiary/aromatic N) is 1. The molecule has 2 aromatic carbocycles. The lowest BCUT2D eigenvalue weighted by Crippen LogP contribution is -2.43. The van der Waals surface area contributed by atoms with Crippen molar-refractivity contribution in [1.82, 2.24) is 4.90 Å². The van der Waals surface area contributed by atoms with Gasteiger partial charge in [-0.25, -0.2) is 0 Å². The van der Waals surface area contributed by atoms with Crippen molar-refractivity contribution in [3.05, 3.63) is 59.7 Å². The summed E-state index contributed by atoms with van der Waals surface area (Å²) in [7, 11) is 2.96. The Balaban J connectivity index is 2.26. The van der Waals surface area contributed by atoms with Crippen molar-refractivity contribution in [3.8, 4) is 11.5 Å².